The number of aromatic nitrogens is 1. The molecule has 3 amide bonds. The molecule has 0 radical (unpaired) electrons. The predicted octanol–water partition coefficient (Wildman–Crippen LogP) is 3.77. The smallest absolute Gasteiger partial charge is 0.417 e. The summed E-state index contributed by atoms with van der Waals surface area (Å²) >= 11 is 5.70. The maximum Gasteiger partial charge on any atom is 0.417 e. The fourth-order valence-corrected chi connectivity index (χ4v) is 3.71. The van der Waals surface area contributed by atoms with Crippen molar-refractivity contribution in [2.45, 2.75) is 20.0 Å². The summed E-state index contributed by atoms with van der Waals surface area (Å²) in [6.07, 6.45) is -3.43. The molecular weight excluding hydrogens is 477 g/mol. The molecule has 1 aliphatic heterocycles. The summed E-state index contributed by atoms with van der Waals surface area (Å²) in [7, 11) is 0. The maximum atomic E-state index is 13.3. The lowest BCUT2D eigenvalue weighted by molar-refractivity contribution is -0.146. The summed E-state index contributed by atoms with van der Waals surface area (Å²) in [5.41, 5.74) is 0.167. The fourth-order valence-electron chi connectivity index (χ4n) is 3.49. The van der Waals surface area contributed by atoms with Gasteiger partial charge in [-0.3, -0.25) is 9.69 Å². The number of carbonyl (C=O) groups excluding carboxylic acids is 3. The minimum Gasteiger partial charge on any atom is -0.451 e. The van der Waals surface area contributed by atoms with Crippen LogP contribution in [0.25, 0.3) is 11.8 Å². The summed E-state index contributed by atoms with van der Waals surface area (Å²) in [6.45, 7) is 2.96. The molecule has 2 aromatic rings. The molecule has 178 valence electrons. The quantitative estimate of drug-likeness (QED) is 0.387. The number of hydrogen-bond donors (Lipinski definition) is 1. The molecule has 2 heterocycles. The standard InChI is InChI=1S/C22H18ClF3N4O4/c1-12-7-14(13(2)30(12)16-3-4-18(23)17(9-16)22(24,25)26)8-15(10-27)20(32)34-11-19(31)29-6-5-28-21(29)33/h3-4,7-9H,5-6,11H2,1-2H3,(H,28,33). The van der Waals surface area contributed by atoms with E-state index in [4.69, 9.17) is 16.3 Å². The third-order valence-electron chi connectivity index (χ3n) is 5.11. The Kier molecular flexibility index (Phi) is 7.02. The number of hydrogen-bond acceptors (Lipinski definition) is 5. The van der Waals surface area contributed by atoms with E-state index >= 15 is 0 Å². The number of esters is 1. The summed E-state index contributed by atoms with van der Waals surface area (Å²) in [5.74, 6) is -1.81. The zero-order valence-electron chi connectivity index (χ0n) is 18.0. The summed E-state index contributed by atoms with van der Waals surface area (Å²) in [6, 6.07) is 6.16. The van der Waals surface area contributed by atoms with Crippen LogP contribution < -0.4 is 5.32 Å². The number of carbonyl (C=O) groups is 3. The average Bonchev–Trinajstić information content (AvgIpc) is 3.32. The SMILES string of the molecule is Cc1cc(C=C(C#N)C(=O)OCC(=O)N2CCNC2=O)c(C)n1-c1ccc(Cl)c(C(F)(F)F)c1. The third-order valence-corrected chi connectivity index (χ3v) is 5.44. The normalized spacial score (nSPS) is 14.1. The van der Waals surface area contributed by atoms with Gasteiger partial charge in [-0.2, -0.15) is 18.4 Å². The van der Waals surface area contributed by atoms with E-state index in [1.807, 2.05) is 0 Å². The predicted molar refractivity (Wildman–Crippen MR) is 115 cm³/mol. The van der Waals surface area contributed by atoms with Crippen molar-refractivity contribution in [1.29, 1.82) is 5.26 Å². The molecule has 0 atom stereocenters. The largest absolute Gasteiger partial charge is 0.451 e. The number of imide groups is 1. The van der Waals surface area contributed by atoms with Crippen LogP contribution in [0.2, 0.25) is 5.02 Å². The lowest BCUT2D eigenvalue weighted by atomic mass is 10.1. The minimum absolute atomic E-state index is 0.142. The zero-order chi connectivity index (χ0) is 25.2. The Balaban J connectivity index is 1.85. The molecule has 0 aliphatic carbocycles. The number of ether oxygens (including phenoxy) is 1. The molecule has 34 heavy (non-hydrogen) atoms. The van der Waals surface area contributed by atoms with Gasteiger partial charge in [0.25, 0.3) is 5.91 Å². The highest BCUT2D eigenvalue weighted by atomic mass is 35.5. The maximum absolute atomic E-state index is 13.3. The van der Waals surface area contributed by atoms with E-state index in [0.29, 0.717) is 17.0 Å². The van der Waals surface area contributed by atoms with Gasteiger partial charge in [-0.1, -0.05) is 11.6 Å². The lowest BCUT2D eigenvalue weighted by Gasteiger charge is -2.14. The number of alkyl halides is 3. The topological polar surface area (TPSA) is 104 Å². The van der Waals surface area contributed by atoms with Crippen LogP contribution in [-0.4, -0.2) is 47.1 Å². The van der Waals surface area contributed by atoms with Gasteiger partial charge in [0.2, 0.25) is 0 Å². The second-order valence-electron chi connectivity index (χ2n) is 7.35. The Bertz CT molecular complexity index is 1240. The molecule has 3 rings (SSSR count). The first-order valence-corrected chi connectivity index (χ1v) is 10.2. The molecule has 0 spiro atoms. The minimum atomic E-state index is -4.64. The Morgan fingerprint density at radius 3 is 2.59 bits per heavy atom. The molecule has 0 bridgehead atoms. The number of urea groups is 1. The van der Waals surface area contributed by atoms with Gasteiger partial charge in [0, 0.05) is 30.2 Å². The number of amides is 3. The van der Waals surface area contributed by atoms with Gasteiger partial charge in [-0.25, -0.2) is 9.59 Å². The van der Waals surface area contributed by atoms with Crippen LogP contribution >= 0.6 is 11.6 Å². The van der Waals surface area contributed by atoms with Gasteiger partial charge in [0.1, 0.15) is 11.6 Å². The van der Waals surface area contributed by atoms with Gasteiger partial charge in [-0.05, 0) is 49.8 Å². The van der Waals surface area contributed by atoms with Crippen molar-refractivity contribution >= 4 is 35.6 Å². The fraction of sp³-hybridized carbons (Fsp3) is 0.273. The van der Waals surface area contributed by atoms with E-state index in [9.17, 15) is 32.8 Å². The second kappa shape index (κ2) is 9.61. The van der Waals surface area contributed by atoms with E-state index in [-0.39, 0.29) is 18.8 Å². The van der Waals surface area contributed by atoms with Crippen molar-refractivity contribution in [3.63, 3.8) is 0 Å². The van der Waals surface area contributed by atoms with Crippen molar-refractivity contribution < 1.29 is 32.3 Å². The molecule has 1 aromatic carbocycles. The van der Waals surface area contributed by atoms with E-state index in [1.165, 1.54) is 16.7 Å². The number of aryl methyl sites for hydroxylation is 1. The molecule has 1 aromatic heterocycles. The van der Waals surface area contributed by atoms with E-state index < -0.39 is 46.8 Å². The van der Waals surface area contributed by atoms with Crippen LogP contribution in [0.5, 0.6) is 0 Å². The average molecular weight is 495 g/mol. The summed E-state index contributed by atoms with van der Waals surface area (Å²) in [5, 5.41) is 11.4. The number of benzene rings is 1. The van der Waals surface area contributed by atoms with Gasteiger partial charge >= 0.3 is 18.2 Å². The van der Waals surface area contributed by atoms with E-state index in [2.05, 4.69) is 5.32 Å². The number of rotatable bonds is 5. The second-order valence-corrected chi connectivity index (χ2v) is 7.75. The Hall–Kier alpha value is -3.78. The Labute approximate surface area is 197 Å². The van der Waals surface area contributed by atoms with E-state index in [0.717, 1.165) is 17.0 Å². The molecule has 8 nitrogen and oxygen atoms in total. The molecule has 1 aliphatic rings. The van der Waals surface area contributed by atoms with Gasteiger partial charge in [-0.15, -0.1) is 0 Å². The highest BCUT2D eigenvalue weighted by molar-refractivity contribution is 6.31. The first kappa shape index (κ1) is 24.9. The van der Waals surface area contributed by atoms with Crippen molar-refractivity contribution in [2.75, 3.05) is 19.7 Å². The van der Waals surface area contributed by atoms with Crippen LogP contribution in [-0.2, 0) is 20.5 Å². The van der Waals surface area contributed by atoms with Gasteiger partial charge in [0.15, 0.2) is 6.61 Å². The van der Waals surface area contributed by atoms with Crippen LogP contribution in [0.1, 0.15) is 22.5 Å². The molecule has 1 saturated heterocycles. The van der Waals surface area contributed by atoms with Crippen molar-refractivity contribution in [3.05, 3.63) is 57.4 Å². The number of nitriles is 1. The van der Waals surface area contributed by atoms with Crippen LogP contribution in [0.3, 0.4) is 0 Å². The summed E-state index contributed by atoms with van der Waals surface area (Å²) < 4.78 is 46.2. The summed E-state index contributed by atoms with van der Waals surface area (Å²) in [4.78, 5) is 36.7. The third kappa shape index (κ3) is 5.07. The highest BCUT2D eigenvalue weighted by Crippen LogP contribution is 2.36. The van der Waals surface area contributed by atoms with Crippen molar-refractivity contribution in [3.8, 4) is 11.8 Å². The van der Waals surface area contributed by atoms with Crippen molar-refractivity contribution in [2.24, 2.45) is 0 Å². The number of nitrogens with one attached hydrogen (secondary N) is 1. The molecule has 0 saturated carbocycles. The van der Waals surface area contributed by atoms with Crippen LogP contribution in [0.4, 0.5) is 18.0 Å². The highest BCUT2D eigenvalue weighted by Gasteiger charge is 2.33. The Morgan fingerprint density at radius 1 is 1.29 bits per heavy atom. The molecule has 12 heteroatoms. The molecule has 0 unspecified atom stereocenters. The molecule has 1 fully saturated rings. The first-order chi connectivity index (χ1) is 15.9. The van der Waals surface area contributed by atoms with E-state index in [1.54, 1.807) is 26.0 Å². The zero-order valence-corrected chi connectivity index (χ0v) is 18.8. The molecular formula is C22H18ClF3N4O4. The first-order valence-electron chi connectivity index (χ1n) is 9.87. The van der Waals surface area contributed by atoms with Gasteiger partial charge < -0.3 is 14.6 Å². The molecule has 1 N–H and O–H groups in total. The number of nitrogens with zero attached hydrogens (tertiary/aromatic N) is 3. The van der Waals surface area contributed by atoms with Gasteiger partial charge in [0.05, 0.1) is 10.6 Å². The number of halogens is 4. The van der Waals surface area contributed by atoms with Crippen molar-refractivity contribution in [1.82, 2.24) is 14.8 Å². The Morgan fingerprint density at radius 2 is 2.00 bits per heavy atom. The monoisotopic (exact) mass is 494 g/mol. The van der Waals surface area contributed by atoms with Crippen LogP contribution in [0, 0.1) is 25.2 Å². The van der Waals surface area contributed by atoms with Crippen LogP contribution in [0.15, 0.2) is 29.8 Å². The lowest BCUT2D eigenvalue weighted by Crippen LogP contribution is -2.37.